The van der Waals surface area contributed by atoms with Gasteiger partial charge in [0.1, 0.15) is 0 Å². The lowest BCUT2D eigenvalue weighted by molar-refractivity contribution is -0.134. The summed E-state index contributed by atoms with van der Waals surface area (Å²) in [4.78, 5) is 25.5. The number of hydrogen-bond acceptors (Lipinski definition) is 4. The lowest BCUT2D eigenvalue weighted by atomic mass is 9.91. The number of sulfonamides is 1. The van der Waals surface area contributed by atoms with Gasteiger partial charge in [-0.25, -0.2) is 8.42 Å². The Kier molecular flexibility index (Phi) is 5.68. The third-order valence-corrected chi connectivity index (χ3v) is 6.08. The third kappa shape index (κ3) is 4.89. The Morgan fingerprint density at radius 3 is 1.96 bits per heavy atom. The Bertz CT molecular complexity index is 740. The van der Waals surface area contributed by atoms with E-state index < -0.39 is 10.0 Å². The van der Waals surface area contributed by atoms with Gasteiger partial charge in [-0.15, -0.1) is 0 Å². The minimum absolute atomic E-state index is 0.0651. The van der Waals surface area contributed by atoms with E-state index in [4.69, 9.17) is 0 Å². The SMILES string of the molecule is CC(=O)c1ccc(S(=O)(=O)N2CCN(C(=O)CC(C)(C)C)CC2)cc1. The summed E-state index contributed by atoms with van der Waals surface area (Å²) < 4.78 is 26.8. The van der Waals surface area contributed by atoms with Crippen molar-refractivity contribution < 1.29 is 18.0 Å². The summed E-state index contributed by atoms with van der Waals surface area (Å²) in [6.45, 7) is 8.85. The summed E-state index contributed by atoms with van der Waals surface area (Å²) in [5.74, 6) is -0.0368. The van der Waals surface area contributed by atoms with E-state index in [2.05, 4.69) is 0 Å². The molecular weight excluding hydrogens is 340 g/mol. The Morgan fingerprint density at radius 1 is 1.00 bits per heavy atom. The number of amides is 1. The van der Waals surface area contributed by atoms with Gasteiger partial charge in [0.2, 0.25) is 15.9 Å². The number of piperazine rings is 1. The molecule has 0 spiro atoms. The summed E-state index contributed by atoms with van der Waals surface area (Å²) in [6, 6.07) is 5.98. The zero-order chi connectivity index (χ0) is 18.8. The Labute approximate surface area is 149 Å². The molecule has 0 bridgehead atoms. The number of hydrogen-bond donors (Lipinski definition) is 0. The molecule has 0 atom stereocenters. The van der Waals surface area contributed by atoms with Crippen molar-refractivity contribution in [2.24, 2.45) is 5.41 Å². The first kappa shape index (κ1) is 19.6. The predicted molar refractivity (Wildman–Crippen MR) is 95.9 cm³/mol. The molecule has 1 aromatic carbocycles. The largest absolute Gasteiger partial charge is 0.340 e. The van der Waals surface area contributed by atoms with Crippen LogP contribution in [0.1, 0.15) is 44.5 Å². The highest BCUT2D eigenvalue weighted by molar-refractivity contribution is 7.89. The van der Waals surface area contributed by atoms with Crippen molar-refractivity contribution in [3.63, 3.8) is 0 Å². The maximum Gasteiger partial charge on any atom is 0.243 e. The molecular formula is C18H26N2O4S. The van der Waals surface area contributed by atoms with Crippen molar-refractivity contribution in [1.29, 1.82) is 0 Å². The minimum atomic E-state index is -3.60. The molecule has 6 nitrogen and oxygen atoms in total. The molecule has 0 saturated carbocycles. The standard InChI is InChI=1S/C18H26N2O4S/c1-14(21)15-5-7-16(8-6-15)25(23,24)20-11-9-19(10-12-20)17(22)13-18(2,3)4/h5-8H,9-13H2,1-4H3. The van der Waals surface area contributed by atoms with Gasteiger partial charge in [0.25, 0.3) is 0 Å². The average Bonchev–Trinajstić information content (AvgIpc) is 2.53. The molecule has 0 radical (unpaired) electrons. The van der Waals surface area contributed by atoms with Gasteiger partial charge in [-0.05, 0) is 24.5 Å². The number of carbonyl (C=O) groups excluding carboxylic acids is 2. The summed E-state index contributed by atoms with van der Waals surface area (Å²) >= 11 is 0. The van der Waals surface area contributed by atoms with Crippen molar-refractivity contribution in [2.45, 2.75) is 39.0 Å². The molecule has 0 aliphatic carbocycles. The Hall–Kier alpha value is -1.73. The number of carbonyl (C=O) groups is 2. The lowest BCUT2D eigenvalue weighted by Gasteiger charge is -2.35. The van der Waals surface area contributed by atoms with Crippen molar-refractivity contribution in [3.05, 3.63) is 29.8 Å². The molecule has 25 heavy (non-hydrogen) atoms. The monoisotopic (exact) mass is 366 g/mol. The minimum Gasteiger partial charge on any atom is -0.340 e. The van der Waals surface area contributed by atoms with Crippen LogP contribution >= 0.6 is 0 Å². The topological polar surface area (TPSA) is 74.8 Å². The van der Waals surface area contributed by atoms with Gasteiger partial charge in [0.15, 0.2) is 5.78 Å². The van der Waals surface area contributed by atoms with Crippen LogP contribution < -0.4 is 0 Å². The van der Waals surface area contributed by atoms with Gasteiger partial charge in [0.05, 0.1) is 4.90 Å². The van der Waals surface area contributed by atoms with Crippen LogP contribution in [0.3, 0.4) is 0 Å². The van der Waals surface area contributed by atoms with Crippen LogP contribution in [-0.2, 0) is 14.8 Å². The summed E-state index contributed by atoms with van der Waals surface area (Å²) in [6.07, 6.45) is 0.451. The molecule has 2 rings (SSSR count). The van der Waals surface area contributed by atoms with Gasteiger partial charge < -0.3 is 4.90 Å². The zero-order valence-corrected chi connectivity index (χ0v) is 16.1. The van der Waals surface area contributed by atoms with Gasteiger partial charge >= 0.3 is 0 Å². The fourth-order valence-corrected chi connectivity index (χ4v) is 4.18. The van der Waals surface area contributed by atoms with E-state index in [-0.39, 0.29) is 35.1 Å². The molecule has 1 aliphatic rings. The fraction of sp³-hybridized carbons (Fsp3) is 0.556. The molecule has 1 amide bonds. The van der Waals surface area contributed by atoms with Crippen molar-refractivity contribution in [3.8, 4) is 0 Å². The highest BCUT2D eigenvalue weighted by atomic mass is 32.2. The van der Waals surface area contributed by atoms with E-state index in [1.165, 1.54) is 35.5 Å². The van der Waals surface area contributed by atoms with Crippen LogP contribution in [0.4, 0.5) is 0 Å². The number of benzene rings is 1. The lowest BCUT2D eigenvalue weighted by Crippen LogP contribution is -2.50. The van der Waals surface area contributed by atoms with Crippen molar-refractivity contribution >= 4 is 21.7 Å². The molecule has 0 unspecified atom stereocenters. The van der Waals surface area contributed by atoms with Crippen LogP contribution in [0.15, 0.2) is 29.2 Å². The maximum absolute atomic E-state index is 12.7. The first-order valence-electron chi connectivity index (χ1n) is 8.40. The van der Waals surface area contributed by atoms with E-state index >= 15 is 0 Å². The molecule has 0 aromatic heterocycles. The first-order chi connectivity index (χ1) is 11.5. The van der Waals surface area contributed by atoms with Crippen LogP contribution in [0.25, 0.3) is 0 Å². The van der Waals surface area contributed by atoms with Crippen LogP contribution in [0.5, 0.6) is 0 Å². The first-order valence-corrected chi connectivity index (χ1v) is 9.84. The van der Waals surface area contributed by atoms with Crippen LogP contribution in [-0.4, -0.2) is 55.5 Å². The van der Waals surface area contributed by atoms with Gasteiger partial charge in [-0.2, -0.15) is 4.31 Å². The maximum atomic E-state index is 12.7. The highest BCUT2D eigenvalue weighted by Crippen LogP contribution is 2.22. The molecule has 1 aliphatic heterocycles. The predicted octanol–water partition coefficient (Wildman–Crippen LogP) is 2.16. The van der Waals surface area contributed by atoms with Crippen molar-refractivity contribution in [2.75, 3.05) is 26.2 Å². The van der Waals surface area contributed by atoms with Crippen LogP contribution in [0, 0.1) is 5.41 Å². The van der Waals surface area contributed by atoms with Crippen molar-refractivity contribution in [1.82, 2.24) is 9.21 Å². The Morgan fingerprint density at radius 2 is 1.52 bits per heavy atom. The van der Waals surface area contributed by atoms with Gasteiger partial charge in [-0.3, -0.25) is 9.59 Å². The normalized spacial score (nSPS) is 16.7. The van der Waals surface area contributed by atoms with E-state index in [9.17, 15) is 18.0 Å². The average molecular weight is 366 g/mol. The van der Waals surface area contributed by atoms with Crippen LogP contribution in [0.2, 0.25) is 0 Å². The quantitative estimate of drug-likeness (QED) is 0.765. The summed E-state index contributed by atoms with van der Waals surface area (Å²) in [5.41, 5.74) is 0.398. The highest BCUT2D eigenvalue weighted by Gasteiger charge is 2.31. The second kappa shape index (κ2) is 7.25. The van der Waals surface area contributed by atoms with E-state index in [1.54, 1.807) is 4.90 Å². The number of Topliss-reactive ketones (excluding diaryl/α,β-unsaturated/α-hetero) is 1. The molecule has 1 saturated heterocycles. The summed E-state index contributed by atoms with van der Waals surface area (Å²) in [5, 5.41) is 0. The third-order valence-electron chi connectivity index (χ3n) is 4.17. The fourth-order valence-electron chi connectivity index (χ4n) is 2.75. The van der Waals surface area contributed by atoms with Gasteiger partial charge in [-0.1, -0.05) is 32.9 Å². The smallest absolute Gasteiger partial charge is 0.243 e. The Balaban J connectivity index is 2.03. The molecule has 1 fully saturated rings. The molecule has 0 N–H and O–H groups in total. The number of rotatable bonds is 4. The van der Waals surface area contributed by atoms with Gasteiger partial charge in [0, 0.05) is 38.2 Å². The number of nitrogens with zero attached hydrogens (tertiary/aromatic N) is 2. The molecule has 1 aromatic rings. The number of ketones is 1. The van der Waals surface area contributed by atoms with E-state index in [0.29, 0.717) is 25.1 Å². The zero-order valence-electron chi connectivity index (χ0n) is 15.3. The second-order valence-electron chi connectivity index (χ2n) is 7.60. The van der Waals surface area contributed by atoms with E-state index in [1.807, 2.05) is 20.8 Å². The second-order valence-corrected chi connectivity index (χ2v) is 9.54. The molecule has 138 valence electrons. The van der Waals surface area contributed by atoms with E-state index in [0.717, 1.165) is 0 Å². The molecule has 7 heteroatoms. The molecule has 1 heterocycles. The summed E-state index contributed by atoms with van der Waals surface area (Å²) in [7, 11) is -3.60.